The standard InChI is InChI=1S/C14H23NO4/c16-12(15-10-14(6-7-14)13(17)18)3-1-2-11-4-8-19-9-5-11/h11H,1-10H2,(H,15,16)(H,17,18). The van der Waals surface area contributed by atoms with Crippen molar-refractivity contribution in [1.29, 1.82) is 0 Å². The topological polar surface area (TPSA) is 75.6 Å². The second kappa shape index (κ2) is 6.37. The highest BCUT2D eigenvalue weighted by Crippen LogP contribution is 2.45. The van der Waals surface area contributed by atoms with Crippen molar-refractivity contribution in [2.45, 2.75) is 44.9 Å². The summed E-state index contributed by atoms with van der Waals surface area (Å²) in [6.07, 6.45) is 6.04. The normalized spacial score (nSPS) is 21.9. The Morgan fingerprint density at radius 2 is 1.95 bits per heavy atom. The predicted molar refractivity (Wildman–Crippen MR) is 69.7 cm³/mol. The Morgan fingerprint density at radius 3 is 2.53 bits per heavy atom. The van der Waals surface area contributed by atoms with E-state index in [1.807, 2.05) is 0 Å². The van der Waals surface area contributed by atoms with Gasteiger partial charge in [0.1, 0.15) is 0 Å². The fourth-order valence-corrected chi connectivity index (χ4v) is 2.56. The molecule has 0 bridgehead atoms. The molecule has 2 N–H and O–H groups in total. The number of carbonyl (C=O) groups excluding carboxylic acids is 1. The van der Waals surface area contributed by atoms with E-state index in [9.17, 15) is 9.59 Å². The van der Waals surface area contributed by atoms with Crippen LogP contribution in [-0.4, -0.2) is 36.7 Å². The van der Waals surface area contributed by atoms with Crippen LogP contribution in [-0.2, 0) is 14.3 Å². The molecule has 0 atom stereocenters. The lowest BCUT2D eigenvalue weighted by atomic mass is 9.94. The van der Waals surface area contributed by atoms with Gasteiger partial charge >= 0.3 is 5.97 Å². The third-order valence-corrected chi connectivity index (χ3v) is 4.29. The molecule has 5 heteroatoms. The third-order valence-electron chi connectivity index (χ3n) is 4.29. The van der Waals surface area contributed by atoms with Crippen LogP contribution in [0.1, 0.15) is 44.9 Å². The summed E-state index contributed by atoms with van der Waals surface area (Å²) < 4.78 is 5.30. The molecule has 0 aromatic heterocycles. The molecule has 0 spiro atoms. The van der Waals surface area contributed by atoms with Crippen LogP contribution >= 0.6 is 0 Å². The zero-order valence-corrected chi connectivity index (χ0v) is 11.3. The molecular formula is C14H23NO4. The second-order valence-corrected chi connectivity index (χ2v) is 5.81. The van der Waals surface area contributed by atoms with Crippen LogP contribution in [0.5, 0.6) is 0 Å². The van der Waals surface area contributed by atoms with Crippen molar-refractivity contribution in [3.05, 3.63) is 0 Å². The molecule has 2 fully saturated rings. The van der Waals surface area contributed by atoms with Crippen LogP contribution in [0.4, 0.5) is 0 Å². The molecule has 1 aliphatic carbocycles. The van der Waals surface area contributed by atoms with Gasteiger partial charge in [0.15, 0.2) is 0 Å². The van der Waals surface area contributed by atoms with Gasteiger partial charge in [-0.2, -0.15) is 0 Å². The molecule has 2 aliphatic rings. The highest BCUT2D eigenvalue weighted by atomic mass is 16.5. The first-order valence-corrected chi connectivity index (χ1v) is 7.20. The van der Waals surface area contributed by atoms with Gasteiger partial charge < -0.3 is 15.2 Å². The Kier molecular flexibility index (Phi) is 4.80. The van der Waals surface area contributed by atoms with Gasteiger partial charge in [0.2, 0.25) is 5.91 Å². The fraction of sp³-hybridized carbons (Fsp3) is 0.857. The van der Waals surface area contributed by atoms with Crippen molar-refractivity contribution in [3.8, 4) is 0 Å². The number of hydrogen-bond donors (Lipinski definition) is 2. The molecular weight excluding hydrogens is 246 g/mol. The number of amides is 1. The van der Waals surface area contributed by atoms with Crippen molar-refractivity contribution >= 4 is 11.9 Å². The lowest BCUT2D eigenvalue weighted by molar-refractivity contribution is -0.143. The van der Waals surface area contributed by atoms with Crippen LogP contribution in [0.15, 0.2) is 0 Å². The highest BCUT2D eigenvalue weighted by Gasteiger charge is 2.50. The first kappa shape index (κ1) is 14.3. The second-order valence-electron chi connectivity index (χ2n) is 5.81. The minimum absolute atomic E-state index is 0.0143. The average Bonchev–Trinajstić information content (AvgIpc) is 3.19. The van der Waals surface area contributed by atoms with Crippen molar-refractivity contribution in [2.75, 3.05) is 19.8 Å². The van der Waals surface area contributed by atoms with Gasteiger partial charge in [-0.25, -0.2) is 0 Å². The lowest BCUT2D eigenvalue weighted by Crippen LogP contribution is -2.34. The summed E-state index contributed by atoms with van der Waals surface area (Å²) in [7, 11) is 0. The maximum absolute atomic E-state index is 11.7. The molecule has 1 saturated carbocycles. The molecule has 2 rings (SSSR count). The van der Waals surface area contributed by atoms with Gasteiger partial charge in [-0.15, -0.1) is 0 Å². The summed E-state index contributed by atoms with van der Waals surface area (Å²) in [5, 5.41) is 11.8. The molecule has 19 heavy (non-hydrogen) atoms. The predicted octanol–water partition coefficient (Wildman–Crippen LogP) is 1.56. The average molecular weight is 269 g/mol. The molecule has 108 valence electrons. The molecule has 1 amide bonds. The largest absolute Gasteiger partial charge is 0.481 e. The SMILES string of the molecule is O=C(CCCC1CCOCC1)NCC1(C(=O)O)CC1. The first-order chi connectivity index (χ1) is 9.12. The molecule has 1 aliphatic heterocycles. The Morgan fingerprint density at radius 1 is 1.26 bits per heavy atom. The van der Waals surface area contributed by atoms with Crippen LogP contribution in [0.2, 0.25) is 0 Å². The van der Waals surface area contributed by atoms with E-state index in [2.05, 4.69) is 5.32 Å². The van der Waals surface area contributed by atoms with E-state index < -0.39 is 11.4 Å². The number of rotatable bonds is 7. The van der Waals surface area contributed by atoms with Crippen molar-refractivity contribution < 1.29 is 19.4 Å². The first-order valence-electron chi connectivity index (χ1n) is 7.20. The van der Waals surface area contributed by atoms with Crippen LogP contribution in [0, 0.1) is 11.3 Å². The number of carboxylic acid groups (broad SMARTS) is 1. The number of hydrogen-bond acceptors (Lipinski definition) is 3. The van der Waals surface area contributed by atoms with E-state index in [1.165, 1.54) is 0 Å². The van der Waals surface area contributed by atoms with Crippen LogP contribution in [0.3, 0.4) is 0 Å². The number of ether oxygens (including phenoxy) is 1. The maximum Gasteiger partial charge on any atom is 0.311 e. The van der Waals surface area contributed by atoms with Gasteiger partial charge in [-0.05, 0) is 44.4 Å². The summed E-state index contributed by atoms with van der Waals surface area (Å²) in [5.41, 5.74) is -0.656. The Balaban J connectivity index is 1.56. The lowest BCUT2D eigenvalue weighted by Gasteiger charge is -2.21. The number of carboxylic acids is 1. The van der Waals surface area contributed by atoms with E-state index in [4.69, 9.17) is 9.84 Å². The monoisotopic (exact) mass is 269 g/mol. The summed E-state index contributed by atoms with van der Waals surface area (Å²) in [6.45, 7) is 1.98. The quantitative estimate of drug-likeness (QED) is 0.735. The zero-order chi connectivity index (χ0) is 13.7. The van der Waals surface area contributed by atoms with Gasteiger partial charge in [0, 0.05) is 26.2 Å². The fourth-order valence-electron chi connectivity index (χ4n) is 2.56. The van der Waals surface area contributed by atoms with E-state index >= 15 is 0 Å². The molecule has 0 radical (unpaired) electrons. The molecule has 5 nitrogen and oxygen atoms in total. The molecule has 1 heterocycles. The zero-order valence-electron chi connectivity index (χ0n) is 11.3. The summed E-state index contributed by atoms with van der Waals surface area (Å²) in [4.78, 5) is 22.6. The summed E-state index contributed by atoms with van der Waals surface area (Å²) >= 11 is 0. The van der Waals surface area contributed by atoms with E-state index in [0.29, 0.717) is 31.7 Å². The van der Waals surface area contributed by atoms with Crippen LogP contribution < -0.4 is 5.32 Å². The summed E-state index contributed by atoms with van der Waals surface area (Å²) in [5.74, 6) is -0.107. The van der Waals surface area contributed by atoms with Crippen molar-refractivity contribution in [2.24, 2.45) is 11.3 Å². The Bertz CT molecular complexity index is 332. The van der Waals surface area contributed by atoms with Crippen molar-refractivity contribution in [3.63, 3.8) is 0 Å². The minimum Gasteiger partial charge on any atom is -0.481 e. The van der Waals surface area contributed by atoms with Crippen molar-refractivity contribution in [1.82, 2.24) is 5.32 Å². The maximum atomic E-state index is 11.7. The Labute approximate surface area is 113 Å². The van der Waals surface area contributed by atoms with Crippen LogP contribution in [0.25, 0.3) is 0 Å². The smallest absolute Gasteiger partial charge is 0.311 e. The number of nitrogens with one attached hydrogen (secondary N) is 1. The number of aliphatic carboxylic acids is 1. The Hall–Kier alpha value is -1.10. The van der Waals surface area contributed by atoms with E-state index in [1.54, 1.807) is 0 Å². The van der Waals surface area contributed by atoms with Gasteiger partial charge in [0.25, 0.3) is 0 Å². The summed E-state index contributed by atoms with van der Waals surface area (Å²) in [6, 6.07) is 0. The molecule has 0 aromatic carbocycles. The van der Waals surface area contributed by atoms with Gasteiger partial charge in [-0.3, -0.25) is 9.59 Å². The highest BCUT2D eigenvalue weighted by molar-refractivity contribution is 5.80. The molecule has 0 aromatic rings. The van der Waals surface area contributed by atoms with E-state index in [0.717, 1.165) is 38.9 Å². The third kappa shape index (κ3) is 4.20. The number of carbonyl (C=O) groups is 2. The minimum atomic E-state index is -0.782. The van der Waals surface area contributed by atoms with E-state index in [-0.39, 0.29) is 5.91 Å². The molecule has 1 saturated heterocycles. The van der Waals surface area contributed by atoms with Gasteiger partial charge in [-0.1, -0.05) is 0 Å². The molecule has 0 unspecified atom stereocenters. The van der Waals surface area contributed by atoms with Gasteiger partial charge in [0.05, 0.1) is 5.41 Å².